The third-order valence-electron chi connectivity index (χ3n) is 2.49. The highest BCUT2D eigenvalue weighted by Crippen LogP contribution is 2.17. The third-order valence-corrected chi connectivity index (χ3v) is 3.48. The fraction of sp³-hybridized carbons (Fsp3) is 0.231. The Morgan fingerprint density at radius 2 is 1.89 bits per heavy atom. The Morgan fingerprint density at radius 3 is 2.58 bits per heavy atom. The second-order valence-electron chi connectivity index (χ2n) is 3.87. The van der Waals surface area contributed by atoms with Crippen LogP contribution in [0.5, 0.6) is 0 Å². The molecule has 2 aromatic rings. The van der Waals surface area contributed by atoms with Gasteiger partial charge in [-0.25, -0.2) is 9.97 Å². The maximum atomic E-state index is 5.92. The Morgan fingerprint density at radius 1 is 1.16 bits per heavy atom. The van der Waals surface area contributed by atoms with Gasteiger partial charge >= 0.3 is 0 Å². The molecule has 0 saturated heterocycles. The predicted molar refractivity (Wildman–Crippen MR) is 82.5 cm³/mol. The molecule has 2 rings (SSSR count). The molecule has 0 radical (unpaired) electrons. The molecule has 0 aliphatic carbocycles. The number of aromatic nitrogens is 2. The molecule has 0 atom stereocenters. The molecular weight excluding hydrogens is 301 g/mol. The number of benzene rings is 1. The molecule has 0 amide bonds. The van der Waals surface area contributed by atoms with Crippen molar-refractivity contribution in [2.75, 3.05) is 18.1 Å². The summed E-state index contributed by atoms with van der Waals surface area (Å²) in [5.41, 5.74) is 1.22. The molecule has 0 saturated carbocycles. The molecule has 19 heavy (non-hydrogen) atoms. The lowest BCUT2D eigenvalue weighted by atomic mass is 10.1. The van der Waals surface area contributed by atoms with Gasteiger partial charge in [-0.15, -0.1) is 0 Å². The minimum atomic E-state index is 0.452. The van der Waals surface area contributed by atoms with Gasteiger partial charge in [0.2, 0.25) is 0 Å². The number of nitrogens with one attached hydrogen (secondary N) is 1. The van der Waals surface area contributed by atoms with Crippen molar-refractivity contribution in [2.45, 2.75) is 11.6 Å². The molecule has 1 N–H and O–H groups in total. The molecule has 0 aliphatic rings. The largest absolute Gasteiger partial charge is 0.370 e. The van der Waals surface area contributed by atoms with E-state index in [0.717, 1.165) is 23.8 Å². The molecule has 0 unspecified atom stereocenters. The lowest BCUT2D eigenvalue weighted by Gasteiger charge is -2.07. The Balaban J connectivity index is 1.92. The molecule has 1 aromatic carbocycles. The van der Waals surface area contributed by atoms with Crippen LogP contribution >= 0.6 is 35.0 Å². The molecule has 0 fully saturated rings. The number of hydrogen-bond acceptors (Lipinski definition) is 4. The zero-order valence-corrected chi connectivity index (χ0v) is 12.7. The molecule has 6 heteroatoms. The Bertz CT molecular complexity index is 546. The van der Waals surface area contributed by atoms with Crippen molar-refractivity contribution in [3.63, 3.8) is 0 Å². The van der Waals surface area contributed by atoms with E-state index in [9.17, 15) is 0 Å². The molecule has 0 aliphatic heterocycles. The molecule has 100 valence electrons. The lowest BCUT2D eigenvalue weighted by Crippen LogP contribution is -2.07. The highest BCUT2D eigenvalue weighted by molar-refractivity contribution is 7.98. The van der Waals surface area contributed by atoms with E-state index in [1.54, 1.807) is 6.07 Å². The van der Waals surface area contributed by atoms with E-state index in [4.69, 9.17) is 23.2 Å². The maximum Gasteiger partial charge on any atom is 0.190 e. The van der Waals surface area contributed by atoms with Gasteiger partial charge in [-0.3, -0.25) is 0 Å². The summed E-state index contributed by atoms with van der Waals surface area (Å²) >= 11 is 13.2. The Hall–Kier alpha value is -0.970. The number of rotatable bonds is 5. The van der Waals surface area contributed by atoms with Crippen LogP contribution in [0.4, 0.5) is 5.82 Å². The van der Waals surface area contributed by atoms with Crippen molar-refractivity contribution < 1.29 is 0 Å². The summed E-state index contributed by atoms with van der Waals surface area (Å²) in [4.78, 5) is 8.42. The first-order valence-corrected chi connectivity index (χ1v) is 7.72. The average molecular weight is 314 g/mol. The summed E-state index contributed by atoms with van der Waals surface area (Å²) in [6.45, 7) is 0.781. The highest BCUT2D eigenvalue weighted by atomic mass is 35.5. The van der Waals surface area contributed by atoms with E-state index in [1.165, 1.54) is 17.3 Å². The molecule has 0 bridgehead atoms. The standard InChI is InChI=1S/C13H13Cl2N3S/c1-19-13-17-11(15)8-12(18-13)16-7-6-9-2-4-10(14)5-3-9/h2-5,8H,6-7H2,1H3,(H,16,17,18). The van der Waals surface area contributed by atoms with Crippen LogP contribution in [0.2, 0.25) is 10.2 Å². The number of halogens is 2. The van der Waals surface area contributed by atoms with E-state index >= 15 is 0 Å². The van der Waals surface area contributed by atoms with Gasteiger partial charge in [0.05, 0.1) is 0 Å². The van der Waals surface area contributed by atoms with Crippen LogP contribution in [-0.4, -0.2) is 22.8 Å². The normalized spacial score (nSPS) is 10.5. The van der Waals surface area contributed by atoms with Crippen LogP contribution in [0.25, 0.3) is 0 Å². The highest BCUT2D eigenvalue weighted by Gasteiger charge is 2.02. The minimum Gasteiger partial charge on any atom is -0.370 e. The van der Waals surface area contributed by atoms with Gasteiger partial charge < -0.3 is 5.32 Å². The number of hydrogen-bond donors (Lipinski definition) is 1. The van der Waals surface area contributed by atoms with E-state index in [2.05, 4.69) is 15.3 Å². The van der Waals surface area contributed by atoms with Crippen molar-refractivity contribution in [1.29, 1.82) is 0 Å². The van der Waals surface area contributed by atoms with Crippen molar-refractivity contribution in [3.8, 4) is 0 Å². The minimum absolute atomic E-state index is 0.452. The summed E-state index contributed by atoms with van der Waals surface area (Å²) in [6, 6.07) is 9.55. The topological polar surface area (TPSA) is 37.8 Å². The van der Waals surface area contributed by atoms with Crippen LogP contribution < -0.4 is 5.32 Å². The van der Waals surface area contributed by atoms with E-state index in [0.29, 0.717) is 10.3 Å². The van der Waals surface area contributed by atoms with Crippen LogP contribution in [0.1, 0.15) is 5.56 Å². The van der Waals surface area contributed by atoms with Crippen molar-refractivity contribution >= 4 is 40.8 Å². The molecule has 1 aromatic heterocycles. The third kappa shape index (κ3) is 4.56. The van der Waals surface area contributed by atoms with Crippen molar-refractivity contribution in [3.05, 3.63) is 46.1 Å². The summed E-state index contributed by atoms with van der Waals surface area (Å²) in [5, 5.41) is 5.12. The van der Waals surface area contributed by atoms with Crippen molar-refractivity contribution in [1.82, 2.24) is 9.97 Å². The van der Waals surface area contributed by atoms with Crippen LogP contribution in [0.3, 0.4) is 0 Å². The molecule has 3 nitrogen and oxygen atoms in total. The molecular formula is C13H13Cl2N3S. The first-order chi connectivity index (χ1) is 9.17. The SMILES string of the molecule is CSc1nc(Cl)cc(NCCc2ccc(Cl)cc2)n1. The Labute approximate surface area is 126 Å². The quantitative estimate of drug-likeness (QED) is 0.511. The maximum absolute atomic E-state index is 5.92. The molecule has 1 heterocycles. The van der Waals surface area contributed by atoms with Crippen molar-refractivity contribution in [2.24, 2.45) is 0 Å². The van der Waals surface area contributed by atoms with Gasteiger partial charge in [-0.1, -0.05) is 47.1 Å². The zero-order valence-electron chi connectivity index (χ0n) is 10.4. The predicted octanol–water partition coefficient (Wildman–Crippen LogP) is 4.16. The summed E-state index contributed by atoms with van der Waals surface area (Å²) < 4.78 is 0. The number of nitrogens with zero attached hydrogens (tertiary/aromatic N) is 2. The molecule has 0 spiro atoms. The van der Waals surface area contributed by atoms with Gasteiger partial charge in [0.1, 0.15) is 11.0 Å². The smallest absolute Gasteiger partial charge is 0.190 e. The fourth-order valence-corrected chi connectivity index (χ4v) is 2.30. The Kier molecular flexibility index (Phi) is 5.31. The average Bonchev–Trinajstić information content (AvgIpc) is 2.40. The number of anilines is 1. The van der Waals surface area contributed by atoms with Gasteiger partial charge in [0.25, 0.3) is 0 Å². The van der Waals surface area contributed by atoms with Gasteiger partial charge in [0.15, 0.2) is 5.16 Å². The second-order valence-corrected chi connectivity index (χ2v) is 5.46. The lowest BCUT2D eigenvalue weighted by molar-refractivity contribution is 0.941. The van der Waals surface area contributed by atoms with Crippen LogP contribution in [0.15, 0.2) is 35.5 Å². The first-order valence-electron chi connectivity index (χ1n) is 5.74. The fourth-order valence-electron chi connectivity index (χ4n) is 1.56. The second kappa shape index (κ2) is 6.98. The first kappa shape index (κ1) is 14.4. The van der Waals surface area contributed by atoms with Gasteiger partial charge in [-0.2, -0.15) is 0 Å². The van der Waals surface area contributed by atoms with E-state index in [-0.39, 0.29) is 0 Å². The zero-order chi connectivity index (χ0) is 13.7. The van der Waals surface area contributed by atoms with Crippen LogP contribution in [0, 0.1) is 0 Å². The van der Waals surface area contributed by atoms with E-state index < -0.39 is 0 Å². The summed E-state index contributed by atoms with van der Waals surface area (Å²) in [5.74, 6) is 0.748. The monoisotopic (exact) mass is 313 g/mol. The number of thioether (sulfide) groups is 1. The summed E-state index contributed by atoms with van der Waals surface area (Å²) in [6.07, 6.45) is 2.82. The summed E-state index contributed by atoms with van der Waals surface area (Å²) in [7, 11) is 0. The van der Waals surface area contributed by atoms with Crippen LogP contribution in [-0.2, 0) is 6.42 Å². The van der Waals surface area contributed by atoms with Gasteiger partial charge in [0, 0.05) is 17.6 Å². The van der Waals surface area contributed by atoms with Gasteiger partial charge in [-0.05, 0) is 30.4 Å². The van der Waals surface area contributed by atoms with E-state index in [1.807, 2.05) is 30.5 Å².